The van der Waals surface area contributed by atoms with Gasteiger partial charge >= 0.3 is 0 Å². The monoisotopic (exact) mass is 1470 g/mol. The number of hydrogen-bond donors (Lipinski definition) is 1. The SMILES string of the molecule is CC.CCCCN(P(c1c(F)cc(F)cc1F)c1c(F)cc(F)cc1F)P1[C@@H](c2ccccc2)CC[C@@H]1c1ccccc1.CCCCNP1[C@H](c2ccccc2)CC[C@H]1c1ccccc1.CCN(CC)CC.Fc1cc(F)c(P(I)c2c(F)cc(F)cc2F)c(F)c1. The van der Waals surface area contributed by atoms with Gasteiger partial charge in [0.2, 0.25) is 0 Å². The van der Waals surface area contributed by atoms with Crippen LogP contribution < -0.4 is 26.3 Å². The lowest BCUT2D eigenvalue weighted by Crippen LogP contribution is -2.33. The van der Waals surface area contributed by atoms with E-state index in [1.165, 1.54) is 78.5 Å². The Kier molecular flexibility index (Phi) is 32.1. The van der Waals surface area contributed by atoms with Gasteiger partial charge in [0, 0.05) is 91.3 Å². The first-order valence-corrected chi connectivity index (χ1v) is 39.5. The summed E-state index contributed by atoms with van der Waals surface area (Å²) in [6.07, 6.45) is 8.02. The molecule has 0 aliphatic carbocycles. The fourth-order valence-electron chi connectivity index (χ4n) is 11.2. The van der Waals surface area contributed by atoms with Gasteiger partial charge in [-0.25, -0.2) is 52.7 Å². The summed E-state index contributed by atoms with van der Waals surface area (Å²) in [6, 6.07) is 45.6. The van der Waals surface area contributed by atoms with E-state index < -0.39 is 113 Å². The van der Waals surface area contributed by atoms with Gasteiger partial charge in [-0.15, -0.1) is 0 Å². The van der Waals surface area contributed by atoms with Gasteiger partial charge < -0.3 is 4.90 Å². The van der Waals surface area contributed by atoms with E-state index in [-0.39, 0.29) is 19.4 Å². The molecule has 8 aromatic rings. The number of rotatable bonds is 20. The largest absolute Gasteiger partial charge is 0.304 e. The van der Waals surface area contributed by atoms with Crippen molar-refractivity contribution in [2.75, 3.05) is 32.7 Å². The van der Waals surface area contributed by atoms with E-state index in [0.29, 0.717) is 72.8 Å². The average Bonchev–Trinajstić information content (AvgIpc) is 1.30. The summed E-state index contributed by atoms with van der Waals surface area (Å²) < 4.78 is 172. The number of halogens is 13. The molecule has 2 heterocycles. The van der Waals surface area contributed by atoms with Crippen molar-refractivity contribution in [2.24, 2.45) is 0 Å². The molecule has 0 aromatic heterocycles. The van der Waals surface area contributed by atoms with E-state index in [9.17, 15) is 35.1 Å². The summed E-state index contributed by atoms with van der Waals surface area (Å²) in [6.45, 7) is 19.8. The molecule has 10 rings (SSSR count). The van der Waals surface area contributed by atoms with E-state index >= 15 is 17.6 Å². The van der Waals surface area contributed by atoms with Gasteiger partial charge in [0.1, 0.15) is 69.8 Å². The molecule has 0 amide bonds. The summed E-state index contributed by atoms with van der Waals surface area (Å²) in [7, 11) is -4.08. The normalized spacial score (nSPS) is 16.4. The van der Waals surface area contributed by atoms with Crippen molar-refractivity contribution in [1.82, 2.24) is 14.4 Å². The number of hydrogen-bond acceptors (Lipinski definition) is 3. The Bertz CT molecular complexity index is 3200. The zero-order chi connectivity index (χ0) is 67.0. The minimum absolute atomic E-state index is 0.0589. The van der Waals surface area contributed by atoms with Crippen LogP contribution in [0.25, 0.3) is 0 Å². The average molecular weight is 1470 g/mol. The van der Waals surface area contributed by atoms with Crippen molar-refractivity contribution in [3.63, 3.8) is 0 Å². The lowest BCUT2D eigenvalue weighted by Gasteiger charge is -2.42. The van der Waals surface area contributed by atoms with E-state index in [2.05, 4.69) is 98.3 Å². The van der Waals surface area contributed by atoms with Crippen LogP contribution in [-0.2, 0) is 0 Å². The third kappa shape index (κ3) is 20.4. The van der Waals surface area contributed by atoms with Crippen molar-refractivity contribution < 1.29 is 52.7 Å². The first-order valence-electron chi connectivity index (χ1n) is 31.2. The van der Waals surface area contributed by atoms with Gasteiger partial charge in [0.25, 0.3) is 0 Å². The first kappa shape index (κ1) is 76.3. The third-order valence-corrected chi connectivity index (χ3v) is 29.8. The molecule has 0 spiro atoms. The molecular weight excluding hydrogens is 1390 g/mol. The Morgan fingerprint density at radius 3 is 0.946 bits per heavy atom. The van der Waals surface area contributed by atoms with Crippen LogP contribution in [0.1, 0.15) is 145 Å². The van der Waals surface area contributed by atoms with E-state index in [0.717, 1.165) is 36.9 Å². The van der Waals surface area contributed by atoms with Crippen LogP contribution in [0.5, 0.6) is 0 Å². The highest BCUT2D eigenvalue weighted by Gasteiger charge is 2.47. The molecule has 2 fully saturated rings. The Morgan fingerprint density at radius 1 is 0.402 bits per heavy atom. The molecule has 1 N–H and O–H groups in total. The van der Waals surface area contributed by atoms with Crippen molar-refractivity contribution in [3.8, 4) is 0 Å². The minimum atomic E-state index is -2.55. The molecule has 0 bridgehead atoms. The first-order chi connectivity index (χ1) is 44.3. The second-order valence-corrected chi connectivity index (χ2v) is 33.0. The summed E-state index contributed by atoms with van der Waals surface area (Å²) in [5, 5.41) is 1.50. The van der Waals surface area contributed by atoms with Gasteiger partial charge in [0.15, 0.2) is 0 Å². The zero-order valence-corrected chi connectivity index (χ0v) is 58.5. The molecule has 8 aromatic carbocycles. The Morgan fingerprint density at radius 2 is 0.674 bits per heavy atom. The number of nitrogens with zero attached hydrogens (tertiary/aromatic N) is 2. The molecule has 92 heavy (non-hydrogen) atoms. The van der Waals surface area contributed by atoms with Crippen LogP contribution in [0.2, 0.25) is 0 Å². The molecule has 494 valence electrons. The third-order valence-electron chi connectivity index (χ3n) is 15.6. The predicted molar refractivity (Wildman–Crippen MR) is 370 cm³/mol. The van der Waals surface area contributed by atoms with E-state index in [1.54, 1.807) is 0 Å². The minimum Gasteiger partial charge on any atom is -0.304 e. The smallest absolute Gasteiger partial charge is 0.138 e. The molecule has 0 unspecified atom stereocenters. The lowest BCUT2D eigenvalue weighted by atomic mass is 10.0. The second kappa shape index (κ2) is 38.7. The van der Waals surface area contributed by atoms with Crippen molar-refractivity contribution in [2.45, 2.75) is 122 Å². The van der Waals surface area contributed by atoms with Crippen molar-refractivity contribution >= 4 is 73.0 Å². The molecule has 2 saturated heterocycles. The Labute approximate surface area is 553 Å². The summed E-state index contributed by atoms with van der Waals surface area (Å²) in [5.74, 6) is -14.4. The molecule has 3 nitrogen and oxygen atoms in total. The standard InChI is InChI=1S/C32H29F6NP2.C20H26NP.C12H4F6IP.C6H15N.C2H6/c1-2-3-16-39(40-29(21-10-6-4-7-11-21)14-15-30(40)22-12-8-5-9-13-22)41(31-25(35)17-23(33)18-26(31)36)32-27(37)19-24(34)20-28(32)38;1-2-3-16-21-22-19(17-10-6-4-7-11-17)14-15-20(22)18-12-8-5-9-13-18;13-5-1-7(15)11(8(16)2-5)20(19)12-9(17)3-6(14)4-10(12)18;1-4-7(5-2)6-3;1-2/h4-13,17-20,29-30H,2-3,14-16H2,1H3;4-13,19-21H,2-3,14-16H2,1H3;1-4H;4-6H2,1-3H3;1-2H3/t29-,30-;19-,20-;;;/m10.../s1. The Hall–Kier alpha value is -4.75. The topological polar surface area (TPSA) is 18.5 Å². The quantitative estimate of drug-likeness (QED) is 0.0355. The maximum absolute atomic E-state index is 15.6. The summed E-state index contributed by atoms with van der Waals surface area (Å²) in [5.41, 5.74) is 4.27. The highest BCUT2D eigenvalue weighted by Crippen LogP contribution is 2.76. The van der Waals surface area contributed by atoms with Crippen LogP contribution in [0, 0.1) is 69.8 Å². The van der Waals surface area contributed by atoms with Crippen molar-refractivity contribution in [1.29, 1.82) is 0 Å². The van der Waals surface area contributed by atoms with Crippen molar-refractivity contribution in [3.05, 3.63) is 262 Å². The van der Waals surface area contributed by atoms with E-state index in [4.69, 9.17) is 0 Å². The van der Waals surface area contributed by atoms with Crippen LogP contribution in [0.15, 0.2) is 170 Å². The maximum Gasteiger partial charge on any atom is 0.138 e. The summed E-state index contributed by atoms with van der Waals surface area (Å²) >= 11 is 1.46. The lowest BCUT2D eigenvalue weighted by molar-refractivity contribution is 0.321. The Balaban J connectivity index is 0.000000222. The van der Waals surface area contributed by atoms with Crippen LogP contribution in [0.3, 0.4) is 0 Å². The maximum atomic E-state index is 15.6. The highest BCUT2D eigenvalue weighted by molar-refractivity contribution is 14.2. The molecule has 0 radical (unpaired) electrons. The predicted octanol–water partition coefficient (Wildman–Crippen LogP) is 22.4. The highest BCUT2D eigenvalue weighted by atomic mass is 127. The fourth-order valence-corrected chi connectivity index (χ4v) is 25.8. The van der Waals surface area contributed by atoms with Gasteiger partial charge in [-0.2, -0.15) is 0 Å². The summed E-state index contributed by atoms with van der Waals surface area (Å²) in [4.78, 5) is 2.38. The van der Waals surface area contributed by atoms with Gasteiger partial charge in [-0.1, -0.05) is 183 Å². The molecule has 2 aliphatic heterocycles. The molecule has 0 saturated carbocycles. The van der Waals surface area contributed by atoms with Gasteiger partial charge in [-0.05, 0) is 125 Å². The number of unbranched alkanes of at least 4 members (excludes halogenated alkanes) is 2. The van der Waals surface area contributed by atoms with Crippen LogP contribution in [-0.4, -0.2) is 42.1 Å². The molecule has 2 aliphatic rings. The van der Waals surface area contributed by atoms with E-state index in [1.807, 2.05) is 85.9 Å². The second-order valence-electron chi connectivity index (χ2n) is 21.4. The van der Waals surface area contributed by atoms with Crippen LogP contribution >= 0.6 is 51.8 Å². The molecule has 20 heteroatoms. The van der Waals surface area contributed by atoms with Crippen LogP contribution in [0.4, 0.5) is 52.7 Å². The number of benzene rings is 8. The number of nitrogens with one attached hydrogen (secondary N) is 1. The zero-order valence-electron chi connectivity index (χ0n) is 52.8. The van der Waals surface area contributed by atoms with Gasteiger partial charge in [-0.3, -0.25) is 9.53 Å². The molecular formula is C72H80F12IN3P4. The fraction of sp³-hybridized carbons (Fsp3) is 0.333. The van der Waals surface area contributed by atoms with Gasteiger partial charge in [0.05, 0.1) is 21.2 Å². The molecule has 4 atom stereocenters.